The van der Waals surface area contributed by atoms with E-state index in [9.17, 15) is 4.79 Å². The van der Waals surface area contributed by atoms with Gasteiger partial charge in [-0.2, -0.15) is 0 Å². The third kappa shape index (κ3) is 2.87. The molecule has 2 rings (SSSR count). The molecule has 1 fully saturated rings. The summed E-state index contributed by atoms with van der Waals surface area (Å²) in [5, 5.41) is 12.2. The normalized spacial score (nSPS) is 21.6. The highest BCUT2D eigenvalue weighted by Crippen LogP contribution is 2.17. The second-order valence-corrected chi connectivity index (χ2v) is 4.36. The van der Waals surface area contributed by atoms with Gasteiger partial charge in [0, 0.05) is 12.6 Å². The highest BCUT2D eigenvalue weighted by atomic mass is 16.5. The quantitative estimate of drug-likeness (QED) is 0.814. The fraction of sp³-hybridized carbons (Fsp3) is 0.583. The zero-order valence-electron chi connectivity index (χ0n) is 9.81. The summed E-state index contributed by atoms with van der Waals surface area (Å²) in [4.78, 5) is 10.9. The first-order valence-corrected chi connectivity index (χ1v) is 5.79. The number of ether oxygens (including phenoxy) is 1. The second kappa shape index (κ2) is 5.33. The Morgan fingerprint density at radius 2 is 2.53 bits per heavy atom. The van der Waals surface area contributed by atoms with Crippen LogP contribution in [0.3, 0.4) is 0 Å². The predicted octanol–water partition coefficient (Wildman–Crippen LogP) is 1.49. The standard InChI is InChI=1S/C12H17NO4/c1-8(9-2-4-16-7-9)13-6-11-10(12(14)15)3-5-17-11/h3,5,8-9,13H,2,4,6-7H2,1H3,(H,14,15). The van der Waals surface area contributed by atoms with Crippen LogP contribution in [0.4, 0.5) is 0 Å². The summed E-state index contributed by atoms with van der Waals surface area (Å²) in [6.07, 6.45) is 2.46. The second-order valence-electron chi connectivity index (χ2n) is 4.36. The van der Waals surface area contributed by atoms with Crippen LogP contribution >= 0.6 is 0 Å². The summed E-state index contributed by atoms with van der Waals surface area (Å²) in [7, 11) is 0. The van der Waals surface area contributed by atoms with Crippen LogP contribution in [-0.4, -0.2) is 30.3 Å². The number of nitrogens with one attached hydrogen (secondary N) is 1. The van der Waals surface area contributed by atoms with Gasteiger partial charge in [-0.15, -0.1) is 0 Å². The first-order chi connectivity index (χ1) is 8.18. The van der Waals surface area contributed by atoms with Gasteiger partial charge < -0.3 is 19.6 Å². The molecule has 0 aromatic carbocycles. The third-order valence-corrected chi connectivity index (χ3v) is 3.23. The molecule has 0 radical (unpaired) electrons. The van der Waals surface area contributed by atoms with Crippen LogP contribution in [0.25, 0.3) is 0 Å². The Balaban J connectivity index is 1.88. The van der Waals surface area contributed by atoms with Crippen LogP contribution in [0.5, 0.6) is 0 Å². The van der Waals surface area contributed by atoms with Crippen LogP contribution in [0.15, 0.2) is 16.7 Å². The van der Waals surface area contributed by atoms with Gasteiger partial charge in [0.2, 0.25) is 0 Å². The summed E-state index contributed by atoms with van der Waals surface area (Å²) in [5.74, 6) is 0.0221. The topological polar surface area (TPSA) is 71.7 Å². The van der Waals surface area contributed by atoms with Gasteiger partial charge in [-0.1, -0.05) is 0 Å². The van der Waals surface area contributed by atoms with Crippen molar-refractivity contribution in [1.82, 2.24) is 5.32 Å². The largest absolute Gasteiger partial charge is 0.478 e. The maximum atomic E-state index is 10.9. The Hall–Kier alpha value is -1.33. The minimum Gasteiger partial charge on any atom is -0.478 e. The Labute approximate surface area is 99.8 Å². The lowest BCUT2D eigenvalue weighted by Crippen LogP contribution is -2.33. The summed E-state index contributed by atoms with van der Waals surface area (Å²) < 4.78 is 10.5. The first kappa shape index (κ1) is 12.1. The smallest absolute Gasteiger partial charge is 0.339 e. The van der Waals surface area contributed by atoms with Crippen LogP contribution in [0.2, 0.25) is 0 Å². The molecule has 1 aromatic heterocycles. The molecule has 2 atom stereocenters. The highest BCUT2D eigenvalue weighted by molar-refractivity contribution is 5.88. The fourth-order valence-electron chi connectivity index (χ4n) is 2.04. The van der Waals surface area contributed by atoms with Crippen molar-refractivity contribution >= 4 is 5.97 Å². The van der Waals surface area contributed by atoms with E-state index in [4.69, 9.17) is 14.3 Å². The number of hydrogen-bond acceptors (Lipinski definition) is 4. The van der Waals surface area contributed by atoms with Gasteiger partial charge in [-0.25, -0.2) is 4.79 Å². The van der Waals surface area contributed by atoms with E-state index < -0.39 is 5.97 Å². The van der Waals surface area contributed by atoms with E-state index >= 15 is 0 Å². The van der Waals surface area contributed by atoms with Gasteiger partial charge in [0.05, 0.1) is 19.4 Å². The zero-order chi connectivity index (χ0) is 12.3. The maximum absolute atomic E-state index is 10.9. The maximum Gasteiger partial charge on any atom is 0.339 e. The molecule has 1 aliphatic rings. The van der Waals surface area contributed by atoms with Crippen molar-refractivity contribution in [3.8, 4) is 0 Å². The number of aromatic carboxylic acids is 1. The van der Waals surface area contributed by atoms with Crippen molar-refractivity contribution in [2.75, 3.05) is 13.2 Å². The molecule has 0 amide bonds. The molecule has 0 spiro atoms. The van der Waals surface area contributed by atoms with Crippen molar-refractivity contribution in [3.63, 3.8) is 0 Å². The van der Waals surface area contributed by atoms with E-state index in [1.807, 2.05) is 0 Å². The third-order valence-electron chi connectivity index (χ3n) is 3.23. The van der Waals surface area contributed by atoms with Gasteiger partial charge in [-0.05, 0) is 25.3 Å². The number of carboxylic acid groups (broad SMARTS) is 1. The molecule has 1 aliphatic heterocycles. The average molecular weight is 239 g/mol. The Morgan fingerprint density at radius 3 is 3.18 bits per heavy atom. The van der Waals surface area contributed by atoms with E-state index in [1.165, 1.54) is 12.3 Å². The molecule has 2 N–H and O–H groups in total. The molecule has 2 heterocycles. The van der Waals surface area contributed by atoms with E-state index in [0.717, 1.165) is 19.6 Å². The van der Waals surface area contributed by atoms with E-state index in [0.29, 0.717) is 24.3 Å². The average Bonchev–Trinajstić information content (AvgIpc) is 2.96. The van der Waals surface area contributed by atoms with Crippen molar-refractivity contribution in [2.24, 2.45) is 5.92 Å². The molecule has 5 heteroatoms. The van der Waals surface area contributed by atoms with Crippen molar-refractivity contribution in [3.05, 3.63) is 23.7 Å². The number of carboxylic acids is 1. The Kier molecular flexibility index (Phi) is 3.81. The molecule has 1 aromatic rings. The molecule has 0 aliphatic carbocycles. The van der Waals surface area contributed by atoms with Gasteiger partial charge in [0.1, 0.15) is 11.3 Å². The van der Waals surface area contributed by atoms with Crippen molar-refractivity contribution in [2.45, 2.75) is 25.9 Å². The molecule has 0 bridgehead atoms. The number of carbonyl (C=O) groups is 1. The lowest BCUT2D eigenvalue weighted by atomic mass is 10.0. The number of hydrogen-bond donors (Lipinski definition) is 2. The molecule has 17 heavy (non-hydrogen) atoms. The van der Waals surface area contributed by atoms with E-state index in [1.54, 1.807) is 0 Å². The van der Waals surface area contributed by atoms with Gasteiger partial charge >= 0.3 is 5.97 Å². The number of rotatable bonds is 5. The van der Waals surface area contributed by atoms with Gasteiger partial charge in [-0.3, -0.25) is 0 Å². The molecule has 2 unspecified atom stereocenters. The molecule has 0 saturated carbocycles. The molecular formula is C12H17NO4. The molecule has 1 saturated heterocycles. The zero-order valence-corrected chi connectivity index (χ0v) is 9.81. The number of furan rings is 1. The van der Waals surface area contributed by atoms with Gasteiger partial charge in [0.25, 0.3) is 0 Å². The first-order valence-electron chi connectivity index (χ1n) is 5.79. The van der Waals surface area contributed by atoms with E-state index in [-0.39, 0.29) is 5.56 Å². The van der Waals surface area contributed by atoms with Crippen LogP contribution in [-0.2, 0) is 11.3 Å². The lowest BCUT2D eigenvalue weighted by Gasteiger charge is -2.18. The monoisotopic (exact) mass is 239 g/mol. The predicted molar refractivity (Wildman–Crippen MR) is 60.9 cm³/mol. The van der Waals surface area contributed by atoms with E-state index in [2.05, 4.69) is 12.2 Å². The molecule has 5 nitrogen and oxygen atoms in total. The molecule has 94 valence electrons. The van der Waals surface area contributed by atoms with Gasteiger partial charge in [0.15, 0.2) is 0 Å². The summed E-state index contributed by atoms with van der Waals surface area (Å²) in [6.45, 7) is 4.12. The highest BCUT2D eigenvalue weighted by Gasteiger charge is 2.22. The Bertz CT molecular complexity index is 382. The minimum atomic E-state index is -0.951. The van der Waals surface area contributed by atoms with Crippen molar-refractivity contribution in [1.29, 1.82) is 0 Å². The fourth-order valence-corrected chi connectivity index (χ4v) is 2.04. The van der Waals surface area contributed by atoms with Crippen molar-refractivity contribution < 1.29 is 19.1 Å². The van der Waals surface area contributed by atoms with Crippen LogP contribution < -0.4 is 5.32 Å². The Morgan fingerprint density at radius 1 is 1.71 bits per heavy atom. The lowest BCUT2D eigenvalue weighted by molar-refractivity contribution is 0.0694. The van der Waals surface area contributed by atoms with Crippen LogP contribution in [0.1, 0.15) is 29.5 Å². The summed E-state index contributed by atoms with van der Waals surface area (Å²) in [6, 6.07) is 1.77. The van der Waals surface area contributed by atoms with Crippen LogP contribution in [0, 0.1) is 5.92 Å². The minimum absolute atomic E-state index is 0.229. The SMILES string of the molecule is CC(NCc1occc1C(=O)O)C1CCOC1. The molecular weight excluding hydrogens is 222 g/mol. The summed E-state index contributed by atoms with van der Waals surface area (Å²) in [5.41, 5.74) is 0.229. The summed E-state index contributed by atoms with van der Waals surface area (Å²) >= 11 is 0.